The Morgan fingerprint density at radius 1 is 1.09 bits per heavy atom. The molecule has 8 nitrogen and oxygen atoms in total. The molecule has 3 amide bonds. The van der Waals surface area contributed by atoms with Crippen molar-refractivity contribution in [1.29, 1.82) is 0 Å². The van der Waals surface area contributed by atoms with Gasteiger partial charge >= 0.3 is 16.1 Å². The largest absolute Gasteiger partial charge is 0.379 e. The van der Waals surface area contributed by atoms with E-state index in [4.69, 9.17) is 15.8 Å². The van der Waals surface area contributed by atoms with Gasteiger partial charge in [0.15, 0.2) is 0 Å². The Balaban J connectivity index is 2.34. The first-order chi connectivity index (χ1) is 15.4. The lowest BCUT2D eigenvalue weighted by atomic mass is 10.1. The molecule has 0 unspecified atom stereocenters. The maximum absolute atomic E-state index is 12.9. The highest BCUT2D eigenvalue weighted by Crippen LogP contribution is 2.28. The number of benzene rings is 2. The van der Waals surface area contributed by atoms with E-state index in [1.807, 2.05) is 27.7 Å². The van der Waals surface area contributed by atoms with Gasteiger partial charge in [-0.25, -0.2) is 4.79 Å². The van der Waals surface area contributed by atoms with Crippen LogP contribution in [-0.4, -0.2) is 37.3 Å². The van der Waals surface area contributed by atoms with Crippen LogP contribution >= 0.6 is 11.6 Å². The lowest BCUT2D eigenvalue weighted by Crippen LogP contribution is -2.46. The van der Waals surface area contributed by atoms with Gasteiger partial charge in [-0.1, -0.05) is 18.5 Å². The number of carbonyl (C=O) groups excluding carboxylic acids is 2. The number of urea groups is 1. The quantitative estimate of drug-likeness (QED) is 0.487. The van der Waals surface area contributed by atoms with Gasteiger partial charge in [0, 0.05) is 35.3 Å². The summed E-state index contributed by atoms with van der Waals surface area (Å²) in [5.41, 5.74) is 0.925. The van der Waals surface area contributed by atoms with Crippen LogP contribution in [0.4, 0.5) is 10.5 Å². The zero-order valence-electron chi connectivity index (χ0n) is 19.4. The number of hydrogen-bond acceptors (Lipinski definition) is 5. The van der Waals surface area contributed by atoms with Crippen LogP contribution in [0.2, 0.25) is 5.02 Å². The van der Waals surface area contributed by atoms with Crippen LogP contribution in [0.1, 0.15) is 46.6 Å². The smallest absolute Gasteiger partial charge is 0.339 e. The molecule has 0 heterocycles. The number of carbonyl (C=O) groups is 2. The van der Waals surface area contributed by atoms with Gasteiger partial charge in [0.05, 0.1) is 6.54 Å². The van der Waals surface area contributed by atoms with Gasteiger partial charge in [-0.15, -0.1) is 0 Å². The monoisotopic (exact) mass is 495 g/mol. The number of halogens is 1. The summed E-state index contributed by atoms with van der Waals surface area (Å²) < 4.78 is 31.2. The van der Waals surface area contributed by atoms with Gasteiger partial charge in [-0.05, 0) is 69.7 Å². The van der Waals surface area contributed by atoms with Crippen LogP contribution < -0.4 is 14.8 Å². The van der Waals surface area contributed by atoms with Crippen molar-refractivity contribution in [3.63, 3.8) is 0 Å². The summed E-state index contributed by atoms with van der Waals surface area (Å²) in [6.45, 7) is 9.08. The van der Waals surface area contributed by atoms with Crippen molar-refractivity contribution >= 4 is 39.3 Å². The summed E-state index contributed by atoms with van der Waals surface area (Å²) in [6.07, 6.45) is 0.710. The fraction of sp³-hybridized carbons (Fsp3) is 0.391. The summed E-state index contributed by atoms with van der Waals surface area (Å²) in [5, 5.41) is 5.84. The number of nitrogens with zero attached hydrogens (tertiary/aromatic N) is 1. The van der Waals surface area contributed by atoms with Gasteiger partial charge in [0.1, 0.15) is 10.6 Å². The van der Waals surface area contributed by atoms with Gasteiger partial charge in [-0.2, -0.15) is 8.42 Å². The maximum atomic E-state index is 12.9. The molecule has 1 atom stereocenters. The molecule has 0 aliphatic heterocycles. The van der Waals surface area contributed by atoms with E-state index in [1.165, 1.54) is 43.3 Å². The zero-order valence-corrected chi connectivity index (χ0v) is 21.0. The summed E-state index contributed by atoms with van der Waals surface area (Å²) in [4.78, 5) is 25.5. The molecule has 0 aliphatic carbocycles. The predicted octanol–water partition coefficient (Wildman–Crippen LogP) is 4.78. The number of rotatable bonds is 9. The van der Waals surface area contributed by atoms with E-state index < -0.39 is 10.1 Å². The van der Waals surface area contributed by atoms with Crippen molar-refractivity contribution < 1.29 is 22.2 Å². The highest BCUT2D eigenvalue weighted by atomic mass is 35.5. The van der Waals surface area contributed by atoms with E-state index in [-0.39, 0.29) is 41.2 Å². The summed E-state index contributed by atoms with van der Waals surface area (Å²) in [6, 6.07) is 9.80. The van der Waals surface area contributed by atoms with E-state index in [0.29, 0.717) is 22.7 Å². The SMILES string of the molecule is CC[C@H](C)N(Cc1cc(Cl)ccc1OS(=O)(=O)c1ccc(NC(C)=O)cc1)C(=O)NC(C)C. The van der Waals surface area contributed by atoms with Gasteiger partial charge in [0.25, 0.3) is 0 Å². The molecule has 0 spiro atoms. The highest BCUT2D eigenvalue weighted by Gasteiger charge is 2.24. The van der Waals surface area contributed by atoms with Crippen LogP contribution in [0.3, 0.4) is 0 Å². The van der Waals surface area contributed by atoms with Crippen LogP contribution in [0.5, 0.6) is 5.75 Å². The average molecular weight is 496 g/mol. The molecule has 0 fully saturated rings. The summed E-state index contributed by atoms with van der Waals surface area (Å²) in [5.74, 6) is -0.184. The molecule has 2 N–H and O–H groups in total. The molecule has 0 aliphatic rings. The third kappa shape index (κ3) is 7.64. The lowest BCUT2D eigenvalue weighted by molar-refractivity contribution is -0.114. The van der Waals surface area contributed by atoms with Crippen molar-refractivity contribution in [2.45, 2.75) is 64.6 Å². The molecule has 0 radical (unpaired) electrons. The predicted molar refractivity (Wildman–Crippen MR) is 129 cm³/mol. The molecule has 10 heteroatoms. The molecule has 0 bridgehead atoms. The number of amides is 3. The zero-order chi connectivity index (χ0) is 24.8. The Morgan fingerprint density at radius 2 is 1.73 bits per heavy atom. The molecule has 0 aromatic heterocycles. The topological polar surface area (TPSA) is 105 Å². The Bertz CT molecular complexity index is 1090. The molecule has 0 saturated carbocycles. The minimum absolute atomic E-state index is 0.0556. The number of hydrogen-bond donors (Lipinski definition) is 2. The second kappa shape index (κ2) is 11.4. The highest BCUT2D eigenvalue weighted by molar-refractivity contribution is 7.87. The molecular formula is C23H30ClN3O5S. The van der Waals surface area contributed by atoms with Gasteiger partial charge in [-0.3, -0.25) is 4.79 Å². The fourth-order valence-electron chi connectivity index (χ4n) is 2.99. The minimum Gasteiger partial charge on any atom is -0.379 e. The maximum Gasteiger partial charge on any atom is 0.339 e. The summed E-state index contributed by atoms with van der Waals surface area (Å²) in [7, 11) is -4.17. The van der Waals surface area contributed by atoms with Gasteiger partial charge in [0.2, 0.25) is 5.91 Å². The molecule has 33 heavy (non-hydrogen) atoms. The van der Waals surface area contributed by atoms with Gasteiger partial charge < -0.3 is 19.7 Å². The van der Waals surface area contributed by atoms with Crippen LogP contribution in [-0.2, 0) is 21.5 Å². The second-order valence-corrected chi connectivity index (χ2v) is 9.97. The number of nitrogens with one attached hydrogen (secondary N) is 2. The van der Waals surface area contributed by atoms with Crippen LogP contribution in [0.15, 0.2) is 47.4 Å². The van der Waals surface area contributed by atoms with E-state index in [2.05, 4.69) is 10.6 Å². The average Bonchev–Trinajstić information content (AvgIpc) is 2.72. The molecule has 2 aromatic carbocycles. The van der Waals surface area contributed by atoms with E-state index >= 15 is 0 Å². The first-order valence-electron chi connectivity index (χ1n) is 10.6. The second-order valence-electron chi connectivity index (χ2n) is 7.98. The van der Waals surface area contributed by atoms with Crippen molar-refractivity contribution in [2.24, 2.45) is 0 Å². The fourth-order valence-corrected chi connectivity index (χ4v) is 4.15. The van der Waals surface area contributed by atoms with Crippen molar-refractivity contribution in [1.82, 2.24) is 10.2 Å². The normalized spacial score (nSPS) is 12.2. The van der Waals surface area contributed by atoms with Crippen molar-refractivity contribution in [3.8, 4) is 5.75 Å². The minimum atomic E-state index is -4.17. The molecular weight excluding hydrogens is 466 g/mol. The van der Waals surface area contributed by atoms with Crippen molar-refractivity contribution in [3.05, 3.63) is 53.1 Å². The lowest BCUT2D eigenvalue weighted by Gasteiger charge is -2.30. The summed E-state index contributed by atoms with van der Waals surface area (Å²) >= 11 is 6.17. The molecule has 0 saturated heterocycles. The van der Waals surface area contributed by atoms with Crippen molar-refractivity contribution in [2.75, 3.05) is 5.32 Å². The third-order valence-electron chi connectivity index (χ3n) is 4.82. The first kappa shape index (κ1) is 26.5. The standard InChI is InChI=1S/C23H30ClN3O5S/c1-6-16(4)27(23(29)25-15(2)3)14-18-13-19(24)7-12-22(18)32-33(30,31)21-10-8-20(9-11-21)26-17(5)28/h7-13,15-16H,6,14H2,1-5H3,(H,25,29)(H,26,28)/t16-/m0/s1. The molecule has 2 aromatic rings. The Hall–Kier alpha value is -2.78. The van der Waals surface area contributed by atoms with Crippen LogP contribution in [0.25, 0.3) is 0 Å². The van der Waals surface area contributed by atoms with Crippen LogP contribution in [0, 0.1) is 0 Å². The Labute approximate surface area is 200 Å². The Kier molecular flexibility index (Phi) is 9.13. The Morgan fingerprint density at radius 3 is 2.27 bits per heavy atom. The van der Waals surface area contributed by atoms with E-state index in [0.717, 1.165) is 0 Å². The first-order valence-corrected chi connectivity index (χ1v) is 12.4. The molecule has 180 valence electrons. The third-order valence-corrected chi connectivity index (χ3v) is 6.31. The van der Waals surface area contributed by atoms with E-state index in [9.17, 15) is 18.0 Å². The molecule has 2 rings (SSSR count). The number of anilines is 1. The van der Waals surface area contributed by atoms with E-state index in [1.54, 1.807) is 11.0 Å².